The van der Waals surface area contributed by atoms with Gasteiger partial charge in [0.25, 0.3) is 0 Å². The van der Waals surface area contributed by atoms with Crippen LogP contribution in [-0.2, 0) is 21.4 Å². The summed E-state index contributed by atoms with van der Waals surface area (Å²) in [6.07, 6.45) is -4.86. The summed E-state index contributed by atoms with van der Waals surface area (Å²) in [6.45, 7) is -2.18. The second-order valence-corrected chi connectivity index (χ2v) is 8.17. The van der Waals surface area contributed by atoms with Gasteiger partial charge in [-0.25, -0.2) is 21.9 Å². The van der Waals surface area contributed by atoms with Gasteiger partial charge in [0.15, 0.2) is 0 Å². The second kappa shape index (κ2) is 9.11. The third-order valence-corrected chi connectivity index (χ3v) is 5.61. The van der Waals surface area contributed by atoms with Crippen molar-refractivity contribution in [3.05, 3.63) is 52.2 Å². The monoisotopic (exact) mass is 427 g/mol. The summed E-state index contributed by atoms with van der Waals surface area (Å²) in [6, 6.07) is 6.90. The van der Waals surface area contributed by atoms with Crippen LogP contribution < -0.4 is 4.72 Å². The zero-order valence-corrected chi connectivity index (χ0v) is 15.5. The van der Waals surface area contributed by atoms with Gasteiger partial charge in [0.2, 0.25) is 10.0 Å². The van der Waals surface area contributed by atoms with Crippen molar-refractivity contribution in [3.8, 4) is 0 Å². The molecular weight excluding hydrogens is 410 g/mol. The SMILES string of the molecule is O=S(=O)(NCC(O)c1ccsc1)c1cccc(COCC(F)(F)C(F)F)c1. The molecule has 0 fully saturated rings. The lowest BCUT2D eigenvalue weighted by Gasteiger charge is -2.15. The van der Waals surface area contributed by atoms with Crippen molar-refractivity contribution < 1.29 is 35.8 Å². The van der Waals surface area contributed by atoms with Gasteiger partial charge in [0.05, 0.1) is 17.6 Å². The Morgan fingerprint density at radius 1 is 1.26 bits per heavy atom. The number of benzene rings is 1. The molecule has 1 unspecified atom stereocenters. The molecular formula is C16H17F4NO4S2. The van der Waals surface area contributed by atoms with Crippen molar-refractivity contribution in [1.82, 2.24) is 4.72 Å². The predicted octanol–water partition coefficient (Wildman–Crippen LogP) is 3.18. The van der Waals surface area contributed by atoms with Crippen molar-refractivity contribution in [2.45, 2.75) is 30.0 Å². The summed E-state index contributed by atoms with van der Waals surface area (Å²) in [4.78, 5) is -0.165. The molecule has 0 bridgehead atoms. The van der Waals surface area contributed by atoms with E-state index in [1.165, 1.54) is 35.6 Å². The molecule has 0 aliphatic heterocycles. The maximum Gasteiger partial charge on any atom is 0.330 e. The van der Waals surface area contributed by atoms with Crippen molar-refractivity contribution in [3.63, 3.8) is 0 Å². The number of ether oxygens (including phenoxy) is 1. The van der Waals surface area contributed by atoms with E-state index < -0.39 is 41.7 Å². The standard InChI is InChI=1S/C16H17F4NO4S2/c17-15(18)16(19,20)10-25-8-11-2-1-3-13(6-11)27(23,24)21-7-14(22)12-4-5-26-9-12/h1-6,9,14-15,21-22H,7-8,10H2. The average molecular weight is 427 g/mol. The minimum absolute atomic E-state index is 0.165. The van der Waals surface area contributed by atoms with Crippen molar-refractivity contribution >= 4 is 21.4 Å². The Bertz CT molecular complexity index is 829. The van der Waals surface area contributed by atoms with Crippen LogP contribution >= 0.6 is 11.3 Å². The number of aliphatic hydroxyl groups excluding tert-OH is 1. The van der Waals surface area contributed by atoms with E-state index in [9.17, 15) is 31.1 Å². The molecule has 11 heteroatoms. The maximum atomic E-state index is 12.8. The summed E-state index contributed by atoms with van der Waals surface area (Å²) in [7, 11) is -3.97. The molecule has 27 heavy (non-hydrogen) atoms. The third-order valence-electron chi connectivity index (χ3n) is 3.49. The van der Waals surface area contributed by atoms with Crippen molar-refractivity contribution in [2.75, 3.05) is 13.2 Å². The number of hydrogen-bond acceptors (Lipinski definition) is 5. The molecule has 5 nitrogen and oxygen atoms in total. The Balaban J connectivity index is 1.96. The molecule has 0 aliphatic carbocycles. The number of nitrogens with one attached hydrogen (secondary N) is 1. The van der Waals surface area contributed by atoms with Gasteiger partial charge in [-0.1, -0.05) is 12.1 Å². The lowest BCUT2D eigenvalue weighted by Crippen LogP contribution is -2.32. The first-order valence-corrected chi connectivity index (χ1v) is 10.1. The van der Waals surface area contributed by atoms with Crippen LogP contribution in [0, 0.1) is 0 Å². The van der Waals surface area contributed by atoms with Crippen LogP contribution in [-0.4, -0.2) is 39.0 Å². The van der Waals surface area contributed by atoms with E-state index in [-0.39, 0.29) is 17.0 Å². The quantitative estimate of drug-likeness (QED) is 0.571. The number of hydrogen-bond donors (Lipinski definition) is 2. The van der Waals surface area contributed by atoms with E-state index in [0.29, 0.717) is 5.56 Å². The topological polar surface area (TPSA) is 75.6 Å². The smallest absolute Gasteiger partial charge is 0.330 e. The van der Waals surface area contributed by atoms with Crippen molar-refractivity contribution in [2.24, 2.45) is 0 Å². The fourth-order valence-electron chi connectivity index (χ4n) is 2.02. The Morgan fingerprint density at radius 2 is 2.00 bits per heavy atom. The normalized spacial score (nSPS) is 13.9. The zero-order valence-electron chi connectivity index (χ0n) is 13.8. The van der Waals surface area contributed by atoms with E-state index in [1.807, 2.05) is 0 Å². The van der Waals surface area contributed by atoms with Gasteiger partial charge in [-0.05, 0) is 40.1 Å². The van der Waals surface area contributed by atoms with Crippen LogP contribution in [0.1, 0.15) is 17.2 Å². The van der Waals surface area contributed by atoms with E-state index in [1.54, 1.807) is 16.8 Å². The Morgan fingerprint density at radius 3 is 2.63 bits per heavy atom. The number of rotatable bonds is 10. The minimum Gasteiger partial charge on any atom is -0.387 e. The molecule has 0 amide bonds. The molecule has 0 saturated carbocycles. The fourth-order valence-corrected chi connectivity index (χ4v) is 3.84. The largest absolute Gasteiger partial charge is 0.387 e. The maximum absolute atomic E-state index is 12.8. The molecule has 2 N–H and O–H groups in total. The van der Waals surface area contributed by atoms with Gasteiger partial charge in [-0.2, -0.15) is 20.1 Å². The van der Waals surface area contributed by atoms with Crippen LogP contribution in [0.25, 0.3) is 0 Å². The highest BCUT2D eigenvalue weighted by atomic mass is 32.2. The lowest BCUT2D eigenvalue weighted by molar-refractivity contribution is -0.168. The van der Waals surface area contributed by atoms with E-state index in [0.717, 1.165) is 0 Å². The Hall–Kier alpha value is -1.53. The summed E-state index contributed by atoms with van der Waals surface area (Å²) in [5, 5.41) is 13.4. The number of thiophene rings is 1. The summed E-state index contributed by atoms with van der Waals surface area (Å²) >= 11 is 1.36. The molecule has 0 spiro atoms. The highest BCUT2D eigenvalue weighted by molar-refractivity contribution is 7.89. The van der Waals surface area contributed by atoms with E-state index in [4.69, 9.17) is 0 Å². The third kappa shape index (κ3) is 6.25. The van der Waals surface area contributed by atoms with E-state index in [2.05, 4.69) is 9.46 Å². The molecule has 1 atom stereocenters. The molecule has 1 heterocycles. The van der Waals surface area contributed by atoms with Crippen LogP contribution in [0.15, 0.2) is 46.0 Å². The Labute approximate surface area is 157 Å². The van der Waals surface area contributed by atoms with Gasteiger partial charge in [-0.3, -0.25) is 0 Å². The zero-order chi connectivity index (χ0) is 20.1. The van der Waals surface area contributed by atoms with Crippen LogP contribution in [0.5, 0.6) is 0 Å². The second-order valence-electron chi connectivity index (χ2n) is 5.63. The van der Waals surface area contributed by atoms with Crippen LogP contribution in [0.4, 0.5) is 17.6 Å². The number of aliphatic hydroxyl groups is 1. The number of sulfonamides is 1. The highest BCUT2D eigenvalue weighted by Crippen LogP contribution is 2.23. The minimum atomic E-state index is -4.27. The summed E-state index contributed by atoms with van der Waals surface area (Å²) in [5.41, 5.74) is 0.797. The molecule has 1 aromatic carbocycles. The van der Waals surface area contributed by atoms with Gasteiger partial charge in [-0.15, -0.1) is 0 Å². The van der Waals surface area contributed by atoms with Gasteiger partial charge in [0, 0.05) is 6.54 Å². The van der Waals surface area contributed by atoms with Gasteiger partial charge < -0.3 is 9.84 Å². The van der Waals surface area contributed by atoms with Crippen LogP contribution in [0.3, 0.4) is 0 Å². The Kier molecular flexibility index (Phi) is 7.34. The lowest BCUT2D eigenvalue weighted by atomic mass is 10.2. The van der Waals surface area contributed by atoms with E-state index >= 15 is 0 Å². The number of halogens is 4. The summed E-state index contributed by atoms with van der Waals surface area (Å²) in [5.74, 6) is -4.27. The predicted molar refractivity (Wildman–Crippen MR) is 91.5 cm³/mol. The van der Waals surface area contributed by atoms with Crippen molar-refractivity contribution in [1.29, 1.82) is 0 Å². The molecule has 150 valence electrons. The molecule has 0 saturated heterocycles. The first-order chi connectivity index (χ1) is 12.6. The first kappa shape index (κ1) is 21.8. The molecule has 2 rings (SSSR count). The molecule has 2 aromatic rings. The average Bonchev–Trinajstić information content (AvgIpc) is 3.14. The van der Waals surface area contributed by atoms with Gasteiger partial charge >= 0.3 is 12.3 Å². The van der Waals surface area contributed by atoms with Gasteiger partial charge in [0.1, 0.15) is 6.61 Å². The number of alkyl halides is 4. The first-order valence-electron chi connectivity index (χ1n) is 7.64. The summed E-state index contributed by atoms with van der Waals surface area (Å²) < 4.78 is 81.2. The highest BCUT2D eigenvalue weighted by Gasteiger charge is 2.40. The molecule has 1 aromatic heterocycles. The fraction of sp³-hybridized carbons (Fsp3) is 0.375. The molecule has 0 radical (unpaired) electrons. The van der Waals surface area contributed by atoms with Crippen LogP contribution in [0.2, 0.25) is 0 Å². The molecule has 0 aliphatic rings.